The van der Waals surface area contributed by atoms with Crippen LogP contribution in [0.25, 0.3) is 11.2 Å². The van der Waals surface area contributed by atoms with Gasteiger partial charge >= 0.3 is 6.01 Å². The summed E-state index contributed by atoms with van der Waals surface area (Å²) in [5, 5.41) is 0. The molecule has 4 aromatic rings. The van der Waals surface area contributed by atoms with Crippen LogP contribution < -0.4 is 15.0 Å². The zero-order chi connectivity index (χ0) is 23.1. The summed E-state index contributed by atoms with van der Waals surface area (Å²) in [6.45, 7) is 1.52. The Bertz CT molecular complexity index is 1430. The van der Waals surface area contributed by atoms with Crippen molar-refractivity contribution in [2.24, 2.45) is 14.1 Å². The van der Waals surface area contributed by atoms with E-state index in [0.717, 1.165) is 18.4 Å². The maximum Gasteiger partial charge on any atom is 0.304 e. The Kier molecular flexibility index (Phi) is 5.16. The Balaban J connectivity index is 1.43. The minimum absolute atomic E-state index is 0.0270. The molecule has 0 aliphatic heterocycles. The van der Waals surface area contributed by atoms with Gasteiger partial charge in [0.25, 0.3) is 5.56 Å². The minimum atomic E-state index is -0.220. The van der Waals surface area contributed by atoms with Crippen LogP contribution in [0.2, 0.25) is 0 Å². The maximum atomic E-state index is 12.6. The number of fused-ring (bicyclic) bond motifs is 1. The Hall–Kier alpha value is -4.01. The monoisotopic (exact) mass is 445 g/mol. The van der Waals surface area contributed by atoms with Gasteiger partial charge in [-0.05, 0) is 49.4 Å². The molecule has 168 valence electrons. The van der Waals surface area contributed by atoms with Crippen LogP contribution in [0.4, 0.5) is 0 Å². The van der Waals surface area contributed by atoms with Crippen LogP contribution in [-0.2, 0) is 25.3 Å². The molecule has 1 aliphatic rings. The number of Topliss-reactive ketones (excluding diaryl/α,β-unsaturated/α-hetero) is 1. The Morgan fingerprint density at radius 2 is 1.94 bits per heavy atom. The van der Waals surface area contributed by atoms with E-state index in [-0.39, 0.29) is 29.5 Å². The first-order chi connectivity index (χ1) is 15.9. The second-order valence-corrected chi connectivity index (χ2v) is 8.34. The highest BCUT2D eigenvalue weighted by molar-refractivity contribution is 5.77. The lowest BCUT2D eigenvalue weighted by molar-refractivity contribution is -0.116. The van der Waals surface area contributed by atoms with Crippen molar-refractivity contribution >= 4 is 16.9 Å². The highest BCUT2D eigenvalue weighted by Gasteiger charge is 2.25. The number of carbonyl (C=O) groups excluding carboxylic acids is 1. The van der Waals surface area contributed by atoms with Gasteiger partial charge in [-0.25, -0.2) is 0 Å². The summed E-state index contributed by atoms with van der Waals surface area (Å²) in [6.07, 6.45) is 5.97. The van der Waals surface area contributed by atoms with Gasteiger partial charge in [0.1, 0.15) is 17.0 Å². The fraction of sp³-hybridized carbons (Fsp3) is 0.292. The van der Waals surface area contributed by atoms with Gasteiger partial charge in [-0.3, -0.25) is 19.1 Å². The molecule has 0 bridgehead atoms. The van der Waals surface area contributed by atoms with Crippen LogP contribution in [0.3, 0.4) is 0 Å². The highest BCUT2D eigenvalue weighted by atomic mass is 16.5. The molecule has 0 spiro atoms. The molecule has 1 saturated carbocycles. The van der Waals surface area contributed by atoms with Crippen molar-refractivity contribution in [3.8, 4) is 23.4 Å². The van der Waals surface area contributed by atoms with E-state index in [1.165, 1.54) is 6.92 Å². The lowest BCUT2D eigenvalue weighted by Gasteiger charge is -2.09. The van der Waals surface area contributed by atoms with Crippen molar-refractivity contribution in [1.29, 1.82) is 0 Å². The topological polar surface area (TPSA) is 101 Å². The maximum absolute atomic E-state index is 12.6. The highest BCUT2D eigenvalue weighted by Crippen LogP contribution is 2.40. The van der Waals surface area contributed by atoms with Crippen LogP contribution in [0.1, 0.15) is 36.9 Å². The fourth-order valence-electron chi connectivity index (χ4n) is 3.68. The summed E-state index contributed by atoms with van der Waals surface area (Å²) in [5.41, 5.74) is 2.67. The van der Waals surface area contributed by atoms with E-state index in [0.29, 0.717) is 34.4 Å². The molecule has 0 unspecified atom stereocenters. The van der Waals surface area contributed by atoms with Crippen molar-refractivity contribution in [3.63, 3.8) is 0 Å². The molecular formula is C24H23N5O4. The molecule has 4 aromatic heterocycles. The van der Waals surface area contributed by atoms with Crippen molar-refractivity contribution in [2.75, 3.05) is 0 Å². The molecule has 0 radical (unpaired) electrons. The van der Waals surface area contributed by atoms with E-state index in [9.17, 15) is 9.59 Å². The van der Waals surface area contributed by atoms with Crippen molar-refractivity contribution < 1.29 is 14.3 Å². The van der Waals surface area contributed by atoms with Gasteiger partial charge in [-0.2, -0.15) is 9.97 Å². The average Bonchev–Trinajstić information content (AvgIpc) is 3.57. The predicted octanol–water partition coefficient (Wildman–Crippen LogP) is 3.66. The van der Waals surface area contributed by atoms with Crippen molar-refractivity contribution in [2.45, 2.75) is 32.1 Å². The molecule has 9 heteroatoms. The van der Waals surface area contributed by atoms with E-state index in [2.05, 4.69) is 15.0 Å². The van der Waals surface area contributed by atoms with Crippen LogP contribution in [0, 0.1) is 0 Å². The van der Waals surface area contributed by atoms with Gasteiger partial charge in [-0.1, -0.05) is 0 Å². The van der Waals surface area contributed by atoms with Gasteiger partial charge < -0.3 is 14.0 Å². The number of ketones is 1. The molecule has 33 heavy (non-hydrogen) atoms. The first-order valence-corrected chi connectivity index (χ1v) is 10.7. The van der Waals surface area contributed by atoms with Gasteiger partial charge in [0, 0.05) is 45.0 Å². The van der Waals surface area contributed by atoms with Crippen molar-refractivity contribution in [3.05, 3.63) is 64.3 Å². The molecule has 1 fully saturated rings. The number of hydrogen-bond acceptors (Lipinski definition) is 7. The third-order valence-electron chi connectivity index (χ3n) is 5.51. The number of nitrogens with zero attached hydrogens (tertiary/aromatic N) is 5. The quantitative estimate of drug-likeness (QED) is 0.428. The largest absolute Gasteiger partial charge is 0.439 e. The van der Waals surface area contributed by atoms with Gasteiger partial charge in [0.05, 0.1) is 5.69 Å². The van der Waals surface area contributed by atoms with Gasteiger partial charge in [-0.15, -0.1) is 0 Å². The normalized spacial score (nSPS) is 13.3. The Morgan fingerprint density at radius 3 is 2.70 bits per heavy atom. The number of ether oxygens (including phenoxy) is 2. The van der Waals surface area contributed by atoms with Crippen LogP contribution >= 0.6 is 0 Å². The number of carbonyl (C=O) groups is 1. The molecular weight excluding hydrogens is 422 g/mol. The fourth-order valence-corrected chi connectivity index (χ4v) is 3.68. The SMILES string of the molecule is CC(=O)Cc1cc(Oc2ccc3nc(Oc4cc(C5CC5)cn(C)c4=O)n(C)c3n2)ccn1. The molecule has 0 saturated heterocycles. The van der Waals surface area contributed by atoms with Gasteiger partial charge in [0.2, 0.25) is 5.88 Å². The van der Waals surface area contributed by atoms with Crippen molar-refractivity contribution in [1.82, 2.24) is 24.1 Å². The number of aryl methyl sites for hydroxylation is 2. The predicted molar refractivity (Wildman–Crippen MR) is 121 cm³/mol. The van der Waals surface area contributed by atoms with E-state index >= 15 is 0 Å². The molecule has 0 aromatic carbocycles. The van der Waals surface area contributed by atoms with Crippen LogP contribution in [-0.4, -0.2) is 29.9 Å². The van der Waals surface area contributed by atoms with E-state index in [1.807, 2.05) is 12.3 Å². The Labute approximate surface area is 189 Å². The van der Waals surface area contributed by atoms with E-state index in [1.54, 1.807) is 53.7 Å². The Morgan fingerprint density at radius 1 is 1.12 bits per heavy atom. The number of hydrogen-bond donors (Lipinski definition) is 0. The van der Waals surface area contributed by atoms with E-state index < -0.39 is 0 Å². The third kappa shape index (κ3) is 4.34. The summed E-state index contributed by atoms with van der Waals surface area (Å²) in [5.74, 6) is 1.66. The second kappa shape index (κ2) is 8.16. The first-order valence-electron chi connectivity index (χ1n) is 10.7. The molecule has 4 heterocycles. The lowest BCUT2D eigenvalue weighted by atomic mass is 10.2. The van der Waals surface area contributed by atoms with Gasteiger partial charge in [0.15, 0.2) is 11.4 Å². The third-order valence-corrected chi connectivity index (χ3v) is 5.51. The summed E-state index contributed by atoms with van der Waals surface area (Å²) >= 11 is 0. The number of rotatable bonds is 7. The van der Waals surface area contributed by atoms with Crippen LogP contribution in [0.15, 0.2) is 47.5 Å². The zero-order valence-electron chi connectivity index (χ0n) is 18.6. The van der Waals surface area contributed by atoms with E-state index in [4.69, 9.17) is 9.47 Å². The summed E-state index contributed by atoms with van der Waals surface area (Å²) in [7, 11) is 3.50. The first kappa shape index (κ1) is 20.9. The summed E-state index contributed by atoms with van der Waals surface area (Å²) < 4.78 is 15.0. The second-order valence-electron chi connectivity index (χ2n) is 8.34. The molecule has 5 rings (SSSR count). The minimum Gasteiger partial charge on any atom is -0.439 e. The number of pyridine rings is 3. The number of imidazole rings is 1. The number of aromatic nitrogens is 5. The summed E-state index contributed by atoms with van der Waals surface area (Å²) in [4.78, 5) is 37.2. The summed E-state index contributed by atoms with van der Waals surface area (Å²) in [6, 6.07) is 8.98. The lowest BCUT2D eigenvalue weighted by Crippen LogP contribution is -2.18. The molecule has 0 atom stereocenters. The molecule has 0 amide bonds. The molecule has 0 N–H and O–H groups in total. The zero-order valence-corrected chi connectivity index (χ0v) is 18.6. The molecule has 9 nitrogen and oxygen atoms in total. The van der Waals surface area contributed by atoms with Crippen LogP contribution in [0.5, 0.6) is 23.4 Å². The average molecular weight is 445 g/mol. The smallest absolute Gasteiger partial charge is 0.304 e. The standard InChI is InChI=1S/C24H23N5O4/c1-14(30)10-17-12-18(8-9-25-17)32-21-7-6-19-22(27-21)29(3)24(26-19)33-20-11-16(15-4-5-15)13-28(2)23(20)31/h6-9,11-13,15H,4-5,10H2,1-3H3. The molecule has 1 aliphatic carbocycles.